The maximum Gasteiger partial charge on any atom is 0.349 e. The lowest BCUT2D eigenvalue weighted by Gasteiger charge is -2.21. The van der Waals surface area contributed by atoms with Crippen LogP contribution in [0.15, 0.2) is 30.3 Å². The molecule has 0 saturated carbocycles. The van der Waals surface area contributed by atoms with Crippen molar-refractivity contribution in [3.05, 3.63) is 51.2 Å². The van der Waals surface area contributed by atoms with Crippen molar-refractivity contribution in [2.75, 3.05) is 11.4 Å². The number of hydrogen-bond acceptors (Lipinski definition) is 4. The van der Waals surface area contributed by atoms with E-state index in [-0.39, 0.29) is 5.91 Å². The Kier molecular flexibility index (Phi) is 4.71. The Hall–Kier alpha value is -2.14. The van der Waals surface area contributed by atoms with Gasteiger partial charge in [0.05, 0.1) is 0 Å². The summed E-state index contributed by atoms with van der Waals surface area (Å²) in [5.74, 6) is -0.589. The number of fused-ring (bicyclic) bond motifs is 1. The Morgan fingerprint density at radius 2 is 2.08 bits per heavy atom. The fourth-order valence-corrected chi connectivity index (χ4v) is 4.02. The van der Waals surface area contributed by atoms with Crippen LogP contribution in [0.4, 0.5) is 5.69 Å². The van der Waals surface area contributed by atoms with E-state index in [0.29, 0.717) is 11.4 Å². The lowest BCUT2D eigenvalue weighted by atomic mass is 10.2. The molecule has 0 radical (unpaired) electrons. The number of para-hydroxylation sites is 1. The molecule has 2 aromatic rings. The molecule has 0 spiro atoms. The van der Waals surface area contributed by atoms with Gasteiger partial charge < -0.3 is 9.64 Å². The van der Waals surface area contributed by atoms with E-state index in [1.54, 1.807) is 11.8 Å². The van der Waals surface area contributed by atoms with Crippen molar-refractivity contribution >= 4 is 28.9 Å². The number of aryl methyl sites for hydroxylation is 2. The van der Waals surface area contributed by atoms with Gasteiger partial charge in [-0.3, -0.25) is 4.79 Å². The van der Waals surface area contributed by atoms with Gasteiger partial charge in [-0.25, -0.2) is 4.79 Å². The molecule has 1 aromatic heterocycles. The van der Waals surface area contributed by atoms with E-state index in [2.05, 4.69) is 6.92 Å². The SMILES string of the molecule is CCc1cc(C(=O)O[C@@H](C)C(=O)N2CCc3ccccc32)sc1C. The zero-order valence-electron chi connectivity index (χ0n) is 14.2. The Labute approximate surface area is 146 Å². The van der Waals surface area contributed by atoms with Crippen molar-refractivity contribution in [1.82, 2.24) is 0 Å². The molecule has 126 valence electrons. The minimum Gasteiger partial charge on any atom is -0.448 e. The highest BCUT2D eigenvalue weighted by Crippen LogP contribution is 2.28. The van der Waals surface area contributed by atoms with Gasteiger partial charge in [-0.15, -0.1) is 11.3 Å². The third-order valence-electron chi connectivity index (χ3n) is 4.39. The summed E-state index contributed by atoms with van der Waals surface area (Å²) < 4.78 is 5.42. The van der Waals surface area contributed by atoms with E-state index in [0.717, 1.165) is 34.5 Å². The van der Waals surface area contributed by atoms with E-state index >= 15 is 0 Å². The topological polar surface area (TPSA) is 46.6 Å². The summed E-state index contributed by atoms with van der Waals surface area (Å²) in [6.07, 6.45) is 0.928. The van der Waals surface area contributed by atoms with Gasteiger partial charge in [0.15, 0.2) is 6.10 Å². The predicted octanol–water partition coefficient (Wildman–Crippen LogP) is 3.75. The van der Waals surface area contributed by atoms with E-state index < -0.39 is 12.1 Å². The number of carbonyl (C=O) groups excluding carboxylic acids is 2. The highest BCUT2D eigenvalue weighted by Gasteiger charge is 2.30. The molecule has 0 saturated heterocycles. The Morgan fingerprint density at radius 1 is 1.33 bits per heavy atom. The quantitative estimate of drug-likeness (QED) is 0.794. The summed E-state index contributed by atoms with van der Waals surface area (Å²) in [7, 11) is 0. The van der Waals surface area contributed by atoms with Gasteiger partial charge in [0.1, 0.15) is 4.88 Å². The molecule has 1 aliphatic heterocycles. The molecule has 0 bridgehead atoms. The first-order valence-corrected chi connectivity index (χ1v) is 9.02. The first kappa shape index (κ1) is 16.7. The van der Waals surface area contributed by atoms with E-state index in [1.165, 1.54) is 11.3 Å². The number of benzene rings is 1. The maximum absolute atomic E-state index is 12.7. The highest BCUT2D eigenvalue weighted by molar-refractivity contribution is 7.14. The minimum absolute atomic E-state index is 0.169. The van der Waals surface area contributed by atoms with Crippen LogP contribution in [0.3, 0.4) is 0 Å². The molecule has 0 N–H and O–H groups in total. The van der Waals surface area contributed by atoms with Gasteiger partial charge >= 0.3 is 5.97 Å². The van der Waals surface area contributed by atoms with Crippen LogP contribution < -0.4 is 4.90 Å². The van der Waals surface area contributed by atoms with Crippen molar-refractivity contribution in [3.63, 3.8) is 0 Å². The average molecular weight is 343 g/mol. The number of ether oxygens (including phenoxy) is 1. The Bertz CT molecular complexity index is 781. The number of hydrogen-bond donors (Lipinski definition) is 0. The van der Waals surface area contributed by atoms with Crippen molar-refractivity contribution in [3.8, 4) is 0 Å². The zero-order valence-corrected chi connectivity index (χ0v) is 15.0. The third-order valence-corrected chi connectivity index (χ3v) is 5.46. The van der Waals surface area contributed by atoms with Crippen LogP contribution in [-0.2, 0) is 22.4 Å². The summed E-state index contributed by atoms with van der Waals surface area (Å²) in [5.41, 5.74) is 3.23. The monoisotopic (exact) mass is 343 g/mol. The molecule has 24 heavy (non-hydrogen) atoms. The van der Waals surface area contributed by atoms with Gasteiger partial charge in [0, 0.05) is 17.1 Å². The number of esters is 1. The number of anilines is 1. The summed E-state index contributed by atoms with van der Waals surface area (Å²) in [4.78, 5) is 28.4. The molecule has 1 aliphatic rings. The van der Waals surface area contributed by atoms with E-state index in [9.17, 15) is 9.59 Å². The fourth-order valence-electron chi connectivity index (χ4n) is 3.03. The smallest absolute Gasteiger partial charge is 0.349 e. The standard InChI is InChI=1S/C19H21NO3S/c1-4-14-11-17(24-13(14)3)19(22)23-12(2)18(21)20-10-9-15-7-5-6-8-16(15)20/h5-8,11-12H,4,9-10H2,1-3H3/t12-/m0/s1. The van der Waals surface area contributed by atoms with Gasteiger partial charge in [-0.2, -0.15) is 0 Å². The molecule has 1 aromatic carbocycles. The maximum atomic E-state index is 12.7. The summed E-state index contributed by atoms with van der Waals surface area (Å²) in [5, 5.41) is 0. The van der Waals surface area contributed by atoms with Gasteiger partial charge in [-0.1, -0.05) is 25.1 Å². The van der Waals surface area contributed by atoms with Gasteiger partial charge in [0.2, 0.25) is 0 Å². The molecule has 4 nitrogen and oxygen atoms in total. The summed E-state index contributed by atoms with van der Waals surface area (Å²) in [6.45, 7) is 6.33. The third kappa shape index (κ3) is 3.08. The van der Waals surface area contributed by atoms with Crippen LogP contribution in [0.25, 0.3) is 0 Å². The van der Waals surface area contributed by atoms with Crippen LogP contribution in [0.2, 0.25) is 0 Å². The predicted molar refractivity (Wildman–Crippen MR) is 95.8 cm³/mol. The fraction of sp³-hybridized carbons (Fsp3) is 0.368. The number of carbonyl (C=O) groups is 2. The molecule has 1 amide bonds. The second-order valence-electron chi connectivity index (χ2n) is 5.96. The number of nitrogens with zero attached hydrogens (tertiary/aromatic N) is 1. The first-order valence-electron chi connectivity index (χ1n) is 8.20. The van der Waals surface area contributed by atoms with Crippen molar-refractivity contribution in [1.29, 1.82) is 0 Å². The molecule has 1 atom stereocenters. The largest absolute Gasteiger partial charge is 0.448 e. The normalized spacial score (nSPS) is 14.4. The molecule has 2 heterocycles. The number of thiophene rings is 1. The van der Waals surface area contributed by atoms with Crippen LogP contribution in [0.5, 0.6) is 0 Å². The van der Waals surface area contributed by atoms with Crippen molar-refractivity contribution in [2.24, 2.45) is 0 Å². The summed E-state index contributed by atoms with van der Waals surface area (Å²) >= 11 is 1.42. The Morgan fingerprint density at radius 3 is 2.79 bits per heavy atom. The van der Waals surface area contributed by atoms with Crippen molar-refractivity contribution < 1.29 is 14.3 Å². The second-order valence-corrected chi connectivity index (χ2v) is 7.22. The molecule has 0 aliphatic carbocycles. The van der Waals surface area contributed by atoms with Crippen LogP contribution in [0.1, 0.15) is 39.5 Å². The molecular weight excluding hydrogens is 322 g/mol. The van der Waals surface area contributed by atoms with Crippen LogP contribution in [-0.4, -0.2) is 24.5 Å². The van der Waals surface area contributed by atoms with E-state index in [1.807, 2.05) is 37.3 Å². The average Bonchev–Trinajstić information content (AvgIpc) is 3.17. The zero-order chi connectivity index (χ0) is 17.3. The van der Waals surface area contributed by atoms with E-state index in [4.69, 9.17) is 4.74 Å². The number of rotatable bonds is 4. The van der Waals surface area contributed by atoms with Gasteiger partial charge in [-0.05, 0) is 49.9 Å². The lowest BCUT2D eigenvalue weighted by molar-refractivity contribution is -0.126. The molecule has 0 unspecified atom stereocenters. The molecule has 0 fully saturated rings. The lowest BCUT2D eigenvalue weighted by Crippen LogP contribution is -2.39. The minimum atomic E-state index is -0.795. The second kappa shape index (κ2) is 6.77. The number of amides is 1. The van der Waals surface area contributed by atoms with Crippen LogP contribution in [0, 0.1) is 6.92 Å². The highest BCUT2D eigenvalue weighted by atomic mass is 32.1. The molecule has 5 heteroatoms. The molecule has 3 rings (SSSR count). The van der Waals surface area contributed by atoms with Crippen molar-refractivity contribution in [2.45, 2.75) is 39.7 Å². The van der Waals surface area contributed by atoms with Crippen LogP contribution >= 0.6 is 11.3 Å². The Balaban J connectivity index is 1.69. The first-order chi connectivity index (χ1) is 11.5. The summed E-state index contributed by atoms with van der Waals surface area (Å²) in [6, 6.07) is 9.72. The van der Waals surface area contributed by atoms with Gasteiger partial charge in [0.25, 0.3) is 5.91 Å². The molecular formula is C19H21NO3S.